The summed E-state index contributed by atoms with van der Waals surface area (Å²) in [6.07, 6.45) is 7.02. The molecular weight excluding hydrogens is 196 g/mol. The number of hydrogen-bond acceptors (Lipinski definition) is 1. The zero-order chi connectivity index (χ0) is 12.0. The minimum absolute atomic E-state index is 0.493. The van der Waals surface area contributed by atoms with Crippen molar-refractivity contribution in [2.45, 2.75) is 53.1 Å². The summed E-state index contributed by atoms with van der Waals surface area (Å²) in [5, 5.41) is 3.55. The summed E-state index contributed by atoms with van der Waals surface area (Å²) in [6, 6.07) is 2.75. The molecule has 92 valence electrons. The second-order valence-electron chi connectivity index (χ2n) is 4.82. The van der Waals surface area contributed by atoms with Crippen molar-refractivity contribution in [1.29, 1.82) is 0 Å². The van der Waals surface area contributed by atoms with E-state index in [-0.39, 0.29) is 0 Å². The molecule has 1 aromatic heterocycles. The van der Waals surface area contributed by atoms with Gasteiger partial charge in [0, 0.05) is 25.0 Å². The van der Waals surface area contributed by atoms with Crippen LogP contribution in [-0.2, 0) is 6.54 Å². The maximum atomic E-state index is 3.55. The predicted octanol–water partition coefficient (Wildman–Crippen LogP) is 3.59. The standard InChI is InChI=1S/C14H26N2/c1-5-7-9-16-10-8-13(11-16)14(12(3)4)15-6-2/h8,10-12,14-15H,5-7,9H2,1-4H3. The lowest BCUT2D eigenvalue weighted by Gasteiger charge is -2.20. The van der Waals surface area contributed by atoms with E-state index in [0.29, 0.717) is 12.0 Å². The molecule has 0 fully saturated rings. The molecule has 0 saturated carbocycles. The Hall–Kier alpha value is -0.760. The van der Waals surface area contributed by atoms with Crippen LogP contribution in [0.4, 0.5) is 0 Å². The van der Waals surface area contributed by atoms with Crippen molar-refractivity contribution >= 4 is 0 Å². The number of hydrogen-bond donors (Lipinski definition) is 1. The van der Waals surface area contributed by atoms with Gasteiger partial charge in [-0.3, -0.25) is 0 Å². The second kappa shape index (κ2) is 6.74. The molecule has 2 heteroatoms. The van der Waals surface area contributed by atoms with Crippen molar-refractivity contribution in [2.24, 2.45) is 5.92 Å². The number of aromatic nitrogens is 1. The average molecular weight is 222 g/mol. The van der Waals surface area contributed by atoms with E-state index < -0.39 is 0 Å². The minimum atomic E-state index is 0.493. The van der Waals surface area contributed by atoms with Gasteiger partial charge in [-0.2, -0.15) is 0 Å². The molecule has 16 heavy (non-hydrogen) atoms. The Kier molecular flexibility index (Phi) is 5.61. The molecular formula is C14H26N2. The van der Waals surface area contributed by atoms with Gasteiger partial charge < -0.3 is 9.88 Å². The maximum Gasteiger partial charge on any atom is 0.0358 e. The van der Waals surface area contributed by atoms with E-state index in [1.165, 1.54) is 18.4 Å². The van der Waals surface area contributed by atoms with E-state index in [2.05, 4.69) is 56.0 Å². The summed E-state index contributed by atoms with van der Waals surface area (Å²) >= 11 is 0. The molecule has 0 amide bonds. The molecule has 0 aliphatic heterocycles. The van der Waals surface area contributed by atoms with E-state index in [0.717, 1.165) is 13.1 Å². The summed E-state index contributed by atoms with van der Waals surface area (Å²) in [7, 11) is 0. The Morgan fingerprint density at radius 2 is 2.06 bits per heavy atom. The normalized spacial score (nSPS) is 13.3. The number of nitrogens with one attached hydrogen (secondary N) is 1. The van der Waals surface area contributed by atoms with Gasteiger partial charge in [0.15, 0.2) is 0 Å². The highest BCUT2D eigenvalue weighted by Gasteiger charge is 2.15. The van der Waals surface area contributed by atoms with E-state index in [4.69, 9.17) is 0 Å². The minimum Gasteiger partial charge on any atom is -0.354 e. The molecule has 1 aromatic rings. The van der Waals surface area contributed by atoms with Gasteiger partial charge in [-0.05, 0) is 30.5 Å². The predicted molar refractivity (Wildman–Crippen MR) is 70.6 cm³/mol. The van der Waals surface area contributed by atoms with Crippen LogP contribution in [0, 0.1) is 5.92 Å². The smallest absolute Gasteiger partial charge is 0.0358 e. The number of aryl methyl sites for hydroxylation is 1. The molecule has 0 saturated heterocycles. The molecule has 1 rings (SSSR count). The molecule has 1 atom stereocenters. The first-order valence-electron chi connectivity index (χ1n) is 6.58. The molecule has 2 nitrogen and oxygen atoms in total. The van der Waals surface area contributed by atoms with Crippen LogP contribution >= 0.6 is 0 Å². The monoisotopic (exact) mass is 222 g/mol. The number of unbranched alkanes of at least 4 members (excludes halogenated alkanes) is 1. The maximum absolute atomic E-state index is 3.55. The van der Waals surface area contributed by atoms with Gasteiger partial charge in [0.2, 0.25) is 0 Å². The van der Waals surface area contributed by atoms with Crippen molar-refractivity contribution < 1.29 is 0 Å². The second-order valence-corrected chi connectivity index (χ2v) is 4.82. The van der Waals surface area contributed by atoms with Crippen molar-refractivity contribution in [1.82, 2.24) is 9.88 Å². The number of rotatable bonds is 7. The van der Waals surface area contributed by atoms with Crippen molar-refractivity contribution in [2.75, 3.05) is 6.54 Å². The van der Waals surface area contributed by atoms with Crippen LogP contribution in [0.15, 0.2) is 18.5 Å². The highest BCUT2D eigenvalue weighted by atomic mass is 15.0. The van der Waals surface area contributed by atoms with Crippen LogP contribution in [0.1, 0.15) is 52.1 Å². The van der Waals surface area contributed by atoms with Crippen LogP contribution in [-0.4, -0.2) is 11.1 Å². The quantitative estimate of drug-likeness (QED) is 0.746. The van der Waals surface area contributed by atoms with E-state index >= 15 is 0 Å². The van der Waals surface area contributed by atoms with Gasteiger partial charge in [-0.15, -0.1) is 0 Å². The van der Waals surface area contributed by atoms with Gasteiger partial charge in [0.25, 0.3) is 0 Å². The topological polar surface area (TPSA) is 17.0 Å². The van der Waals surface area contributed by atoms with Gasteiger partial charge in [0.05, 0.1) is 0 Å². The first-order valence-corrected chi connectivity index (χ1v) is 6.58. The first-order chi connectivity index (χ1) is 7.69. The van der Waals surface area contributed by atoms with Crippen LogP contribution in [0.2, 0.25) is 0 Å². The third-order valence-corrected chi connectivity index (χ3v) is 2.99. The van der Waals surface area contributed by atoms with Crippen LogP contribution in [0.3, 0.4) is 0 Å². The van der Waals surface area contributed by atoms with E-state index in [9.17, 15) is 0 Å². The summed E-state index contributed by atoms with van der Waals surface area (Å²) in [5.41, 5.74) is 1.42. The van der Waals surface area contributed by atoms with E-state index in [1.807, 2.05) is 0 Å². The largest absolute Gasteiger partial charge is 0.354 e. The lowest BCUT2D eigenvalue weighted by molar-refractivity contribution is 0.421. The lowest BCUT2D eigenvalue weighted by Crippen LogP contribution is -2.25. The zero-order valence-corrected chi connectivity index (χ0v) is 11.2. The summed E-state index contributed by atoms with van der Waals surface area (Å²) in [4.78, 5) is 0. The Bertz CT molecular complexity index is 289. The molecule has 1 N–H and O–H groups in total. The fourth-order valence-corrected chi connectivity index (χ4v) is 2.08. The van der Waals surface area contributed by atoms with Crippen LogP contribution < -0.4 is 5.32 Å². The highest BCUT2D eigenvalue weighted by Crippen LogP contribution is 2.21. The van der Waals surface area contributed by atoms with Gasteiger partial charge >= 0.3 is 0 Å². The summed E-state index contributed by atoms with van der Waals surface area (Å²) in [5.74, 6) is 0.641. The third kappa shape index (κ3) is 3.67. The van der Waals surface area contributed by atoms with Gasteiger partial charge in [-0.1, -0.05) is 34.1 Å². The Balaban J connectivity index is 2.65. The third-order valence-electron chi connectivity index (χ3n) is 2.99. The average Bonchev–Trinajstić information content (AvgIpc) is 2.70. The summed E-state index contributed by atoms with van der Waals surface area (Å²) in [6.45, 7) is 11.1. The van der Waals surface area contributed by atoms with Crippen molar-refractivity contribution in [3.05, 3.63) is 24.0 Å². The molecule has 0 aromatic carbocycles. The van der Waals surface area contributed by atoms with Crippen LogP contribution in [0.5, 0.6) is 0 Å². The molecule has 0 bridgehead atoms. The Morgan fingerprint density at radius 1 is 1.31 bits per heavy atom. The lowest BCUT2D eigenvalue weighted by atomic mass is 9.98. The Morgan fingerprint density at radius 3 is 2.62 bits per heavy atom. The zero-order valence-electron chi connectivity index (χ0n) is 11.2. The molecule has 0 spiro atoms. The fourth-order valence-electron chi connectivity index (χ4n) is 2.08. The molecule has 0 aliphatic carbocycles. The SMILES string of the molecule is CCCCn1ccc(C(NCC)C(C)C)c1. The van der Waals surface area contributed by atoms with E-state index in [1.54, 1.807) is 0 Å². The summed E-state index contributed by atoms with van der Waals surface area (Å²) < 4.78 is 2.31. The van der Waals surface area contributed by atoms with Crippen molar-refractivity contribution in [3.8, 4) is 0 Å². The molecule has 0 radical (unpaired) electrons. The molecule has 1 heterocycles. The fraction of sp³-hybridized carbons (Fsp3) is 0.714. The molecule has 1 unspecified atom stereocenters. The first kappa shape index (κ1) is 13.3. The van der Waals surface area contributed by atoms with Crippen LogP contribution in [0.25, 0.3) is 0 Å². The Labute approximate surface area is 100 Å². The van der Waals surface area contributed by atoms with Gasteiger partial charge in [0.1, 0.15) is 0 Å². The van der Waals surface area contributed by atoms with Gasteiger partial charge in [-0.25, -0.2) is 0 Å². The molecule has 0 aliphatic rings. The van der Waals surface area contributed by atoms with Crippen molar-refractivity contribution in [3.63, 3.8) is 0 Å². The highest BCUT2D eigenvalue weighted by molar-refractivity contribution is 5.16. The number of nitrogens with zero attached hydrogens (tertiary/aromatic N) is 1.